The highest BCUT2D eigenvalue weighted by molar-refractivity contribution is 6.03. The van der Waals surface area contributed by atoms with E-state index >= 15 is 0 Å². The third-order valence-electron chi connectivity index (χ3n) is 10.7. The third-order valence-corrected chi connectivity index (χ3v) is 10.7. The Balaban J connectivity index is 1.08. The minimum Gasteiger partial charge on any atom is -0.477 e. The molecule has 9 rings (SSSR count). The predicted molar refractivity (Wildman–Crippen MR) is 234 cm³/mol. The molecule has 0 bridgehead atoms. The highest BCUT2D eigenvalue weighted by Crippen LogP contribution is 2.48. The number of carboxylic acids is 1. The second-order valence-corrected chi connectivity index (χ2v) is 14.2. The van der Waals surface area contributed by atoms with Crippen molar-refractivity contribution in [2.24, 2.45) is 0 Å². The molecule has 0 aromatic heterocycles. The number of para-hydroxylation sites is 2. The zero-order chi connectivity index (χ0) is 39.5. The molecule has 0 amide bonds. The summed E-state index contributed by atoms with van der Waals surface area (Å²) < 4.78 is 7.30. The number of nitriles is 1. The summed E-state index contributed by atoms with van der Waals surface area (Å²) >= 11 is 0. The van der Waals surface area contributed by atoms with Gasteiger partial charge in [-0.25, -0.2) is 4.79 Å². The molecule has 1 atom stereocenters. The number of carboxylic acid groups (broad SMARTS) is 1. The van der Waals surface area contributed by atoms with Crippen LogP contribution in [0.1, 0.15) is 22.3 Å². The molecule has 0 saturated carbocycles. The van der Waals surface area contributed by atoms with Gasteiger partial charge in [0.1, 0.15) is 17.4 Å². The smallest absolute Gasteiger partial charge is 0.346 e. The van der Waals surface area contributed by atoms with Gasteiger partial charge < -0.3 is 14.7 Å². The van der Waals surface area contributed by atoms with Crippen LogP contribution in [-0.4, -0.2) is 11.1 Å². The summed E-state index contributed by atoms with van der Waals surface area (Å²) in [6.07, 6.45) is 5.73. The first-order chi connectivity index (χ1) is 28.5. The lowest BCUT2D eigenvalue weighted by molar-refractivity contribution is -0.132. The summed E-state index contributed by atoms with van der Waals surface area (Å²) in [5.74, 6) is -0.419. The maximum absolute atomic E-state index is 11.3. The van der Waals surface area contributed by atoms with Gasteiger partial charge in [0.2, 0.25) is 0 Å². The highest BCUT2D eigenvalue weighted by atomic mass is 16.5. The first kappa shape index (κ1) is 35.7. The fourth-order valence-corrected chi connectivity index (χ4v) is 7.79. The fourth-order valence-electron chi connectivity index (χ4n) is 7.79. The number of aliphatic carboxylic acids is 1. The molecule has 0 spiro atoms. The first-order valence-corrected chi connectivity index (χ1v) is 19.1. The van der Waals surface area contributed by atoms with Crippen molar-refractivity contribution < 1.29 is 14.6 Å². The number of fused-ring (bicyclic) bond motifs is 3. The molecule has 0 saturated heterocycles. The van der Waals surface area contributed by atoms with Crippen molar-refractivity contribution in [1.29, 1.82) is 5.26 Å². The van der Waals surface area contributed by atoms with Gasteiger partial charge in [0, 0.05) is 39.1 Å². The maximum Gasteiger partial charge on any atom is 0.346 e. The third kappa shape index (κ3) is 6.70. The Labute approximate surface area is 337 Å². The molecular weight excluding hydrogens is 713 g/mol. The highest BCUT2D eigenvalue weighted by Gasteiger charge is 2.38. The Hall–Kier alpha value is -7.94. The van der Waals surface area contributed by atoms with Crippen molar-refractivity contribution in [1.82, 2.24) is 0 Å². The minimum absolute atomic E-state index is 0.307. The van der Waals surface area contributed by atoms with Crippen LogP contribution in [0, 0.1) is 11.3 Å². The molecule has 58 heavy (non-hydrogen) atoms. The Morgan fingerprint density at radius 1 is 0.586 bits per heavy atom. The number of ether oxygens (including phenoxy) is 1. The van der Waals surface area contributed by atoms with E-state index in [9.17, 15) is 9.90 Å². The van der Waals surface area contributed by atoms with E-state index in [1.807, 2.05) is 54.6 Å². The van der Waals surface area contributed by atoms with Crippen LogP contribution in [0.3, 0.4) is 0 Å². The molecule has 1 N–H and O–H groups in total. The van der Waals surface area contributed by atoms with E-state index in [1.165, 1.54) is 6.08 Å². The van der Waals surface area contributed by atoms with E-state index in [0.717, 1.165) is 72.5 Å². The molecule has 5 heteroatoms. The SMILES string of the molecule is N#C/C(=C/c1ccc(-c2ccc(C3(c4ccccc4)C=Cc4cc(-c5ccc(N(c6ccccc6)c6ccccc6)cc5)c5ccccc5c4O3)cc2)cc1)C(=O)O. The van der Waals surface area contributed by atoms with Crippen LogP contribution in [0.5, 0.6) is 5.75 Å². The molecule has 276 valence electrons. The summed E-state index contributed by atoms with van der Waals surface area (Å²) in [4.78, 5) is 13.6. The molecule has 5 nitrogen and oxygen atoms in total. The zero-order valence-corrected chi connectivity index (χ0v) is 31.4. The van der Waals surface area contributed by atoms with E-state index in [1.54, 1.807) is 6.07 Å². The van der Waals surface area contributed by atoms with E-state index < -0.39 is 11.6 Å². The van der Waals surface area contributed by atoms with Gasteiger partial charge >= 0.3 is 5.97 Å². The van der Waals surface area contributed by atoms with Crippen LogP contribution in [0.15, 0.2) is 206 Å². The predicted octanol–water partition coefficient (Wildman–Crippen LogP) is 13.0. The van der Waals surface area contributed by atoms with E-state index in [4.69, 9.17) is 10.00 Å². The van der Waals surface area contributed by atoms with Crippen LogP contribution >= 0.6 is 0 Å². The lowest BCUT2D eigenvalue weighted by Gasteiger charge is -2.37. The Morgan fingerprint density at radius 2 is 1.09 bits per heavy atom. The molecule has 0 aliphatic carbocycles. The lowest BCUT2D eigenvalue weighted by atomic mass is 9.82. The van der Waals surface area contributed by atoms with Crippen molar-refractivity contribution in [2.45, 2.75) is 5.60 Å². The monoisotopic (exact) mass is 748 g/mol. The second kappa shape index (κ2) is 15.3. The number of carbonyl (C=O) groups is 1. The second-order valence-electron chi connectivity index (χ2n) is 14.2. The van der Waals surface area contributed by atoms with Crippen LogP contribution in [0.4, 0.5) is 17.1 Å². The van der Waals surface area contributed by atoms with E-state index in [2.05, 4.69) is 157 Å². The molecule has 1 unspecified atom stereocenters. The van der Waals surface area contributed by atoms with E-state index in [-0.39, 0.29) is 5.57 Å². The van der Waals surface area contributed by atoms with Crippen molar-refractivity contribution in [2.75, 3.05) is 4.90 Å². The number of rotatable bonds is 9. The standard InChI is InChI=1S/C53H36N2O3/c54-36-42(52(56)57)34-37-20-22-38(23-21-37)39-24-28-44(29-25-39)53(43-12-4-1-5-13-43)33-32-41-35-50(48-18-10-11-19-49(48)51(41)58-53)40-26-30-47(31-27-40)55(45-14-6-2-7-15-45)46-16-8-3-9-17-46/h1-35H,(H,56,57)/b42-34-. The van der Waals surface area contributed by atoms with Gasteiger partial charge in [-0.15, -0.1) is 0 Å². The molecule has 0 radical (unpaired) electrons. The summed E-state index contributed by atoms with van der Waals surface area (Å²) in [6.45, 7) is 0. The van der Waals surface area contributed by atoms with Gasteiger partial charge in [0.05, 0.1) is 0 Å². The lowest BCUT2D eigenvalue weighted by Crippen LogP contribution is -2.34. The normalized spacial score (nSPS) is 14.6. The Bertz CT molecular complexity index is 2820. The molecule has 1 heterocycles. The number of hydrogen-bond donors (Lipinski definition) is 1. The molecule has 1 aliphatic heterocycles. The number of anilines is 3. The van der Waals surface area contributed by atoms with Gasteiger partial charge in [0.15, 0.2) is 5.60 Å². The number of benzene rings is 8. The van der Waals surface area contributed by atoms with Gasteiger partial charge in [-0.2, -0.15) is 5.26 Å². The first-order valence-electron chi connectivity index (χ1n) is 19.1. The van der Waals surface area contributed by atoms with Crippen molar-refractivity contribution in [3.8, 4) is 34.1 Å². The largest absolute Gasteiger partial charge is 0.477 e. The molecule has 0 fully saturated rings. The molecular formula is C53H36N2O3. The van der Waals surface area contributed by atoms with Crippen LogP contribution in [0.2, 0.25) is 0 Å². The Morgan fingerprint density at radius 3 is 1.67 bits per heavy atom. The van der Waals surface area contributed by atoms with Crippen molar-refractivity contribution in [3.05, 3.63) is 228 Å². The fraction of sp³-hybridized carbons (Fsp3) is 0.0189. The number of hydrogen-bond acceptors (Lipinski definition) is 4. The van der Waals surface area contributed by atoms with Crippen molar-refractivity contribution >= 4 is 46.0 Å². The number of nitrogens with zero attached hydrogens (tertiary/aromatic N) is 2. The average molecular weight is 749 g/mol. The topological polar surface area (TPSA) is 73.6 Å². The van der Waals surface area contributed by atoms with E-state index in [0.29, 0.717) is 5.56 Å². The van der Waals surface area contributed by atoms with Crippen molar-refractivity contribution in [3.63, 3.8) is 0 Å². The van der Waals surface area contributed by atoms with Gasteiger partial charge in [-0.1, -0.05) is 158 Å². The zero-order valence-electron chi connectivity index (χ0n) is 31.4. The van der Waals surface area contributed by atoms with Gasteiger partial charge in [-0.05, 0) is 87.8 Å². The van der Waals surface area contributed by atoms with Crippen LogP contribution in [0.25, 0.3) is 45.2 Å². The quantitative estimate of drug-likeness (QED) is 0.118. The molecule has 1 aliphatic rings. The van der Waals surface area contributed by atoms with Crippen LogP contribution in [-0.2, 0) is 10.4 Å². The Kier molecular flexibility index (Phi) is 9.43. The average Bonchev–Trinajstić information content (AvgIpc) is 3.29. The van der Waals surface area contributed by atoms with Gasteiger partial charge in [0.25, 0.3) is 0 Å². The summed E-state index contributed by atoms with van der Waals surface area (Å²) in [5.41, 5.74) is 9.92. The summed E-state index contributed by atoms with van der Waals surface area (Å²) in [7, 11) is 0. The van der Waals surface area contributed by atoms with Gasteiger partial charge in [-0.3, -0.25) is 0 Å². The molecule has 8 aromatic carbocycles. The summed E-state index contributed by atoms with van der Waals surface area (Å²) in [6, 6.07) is 68.3. The summed E-state index contributed by atoms with van der Waals surface area (Å²) in [5, 5.41) is 20.5. The maximum atomic E-state index is 11.3. The van der Waals surface area contributed by atoms with Crippen LogP contribution < -0.4 is 9.64 Å². The molecule has 8 aromatic rings. The minimum atomic E-state index is -1.25.